The van der Waals surface area contributed by atoms with E-state index in [0.29, 0.717) is 19.8 Å². The van der Waals surface area contributed by atoms with Crippen LogP contribution in [0.4, 0.5) is 0 Å². The number of amides is 1. The molecule has 7 heteroatoms. The van der Waals surface area contributed by atoms with Crippen LogP contribution < -0.4 is 0 Å². The monoisotopic (exact) mass is 453 g/mol. The van der Waals surface area contributed by atoms with Gasteiger partial charge in [0.25, 0.3) is 0 Å². The summed E-state index contributed by atoms with van der Waals surface area (Å²) >= 11 is 0. The Morgan fingerprint density at radius 3 is 2.70 bits per heavy atom. The second-order valence-corrected chi connectivity index (χ2v) is 10.0. The number of piperidine rings is 1. The number of aromatic nitrogens is 1. The SMILES string of the molecule is Cc1cc(COC2CCN(C3CCN(CC4COC(C)(C)O4)C3=O)CC2)c2ccccc2n1. The summed E-state index contributed by atoms with van der Waals surface area (Å²) in [6.45, 7) is 10.3. The summed E-state index contributed by atoms with van der Waals surface area (Å²) in [5, 5.41) is 1.16. The second-order valence-electron chi connectivity index (χ2n) is 10.0. The second kappa shape index (κ2) is 9.29. The number of carbonyl (C=O) groups is 1. The van der Waals surface area contributed by atoms with Crippen LogP contribution in [0.15, 0.2) is 30.3 Å². The van der Waals surface area contributed by atoms with Gasteiger partial charge in [0.15, 0.2) is 5.79 Å². The third-order valence-electron chi connectivity index (χ3n) is 7.08. The van der Waals surface area contributed by atoms with E-state index in [1.165, 1.54) is 5.56 Å². The van der Waals surface area contributed by atoms with Crippen molar-refractivity contribution >= 4 is 16.8 Å². The van der Waals surface area contributed by atoms with Gasteiger partial charge in [0.05, 0.1) is 30.9 Å². The van der Waals surface area contributed by atoms with E-state index in [2.05, 4.69) is 34.1 Å². The number of benzene rings is 1. The molecular weight excluding hydrogens is 418 g/mol. The van der Waals surface area contributed by atoms with Gasteiger partial charge in [0, 0.05) is 37.3 Å². The molecule has 5 rings (SSSR count). The van der Waals surface area contributed by atoms with E-state index >= 15 is 0 Å². The molecule has 1 aromatic carbocycles. The molecule has 7 nitrogen and oxygen atoms in total. The summed E-state index contributed by atoms with van der Waals surface area (Å²) in [5.74, 6) is -0.308. The van der Waals surface area contributed by atoms with Crippen molar-refractivity contribution in [2.75, 3.05) is 32.8 Å². The number of hydrogen-bond donors (Lipinski definition) is 0. The lowest BCUT2D eigenvalue weighted by Gasteiger charge is -2.35. The minimum atomic E-state index is -0.546. The number of carbonyl (C=O) groups excluding carboxylic acids is 1. The molecule has 1 amide bonds. The molecular formula is C26H35N3O4. The smallest absolute Gasteiger partial charge is 0.240 e. The highest BCUT2D eigenvalue weighted by Crippen LogP contribution is 2.27. The van der Waals surface area contributed by atoms with Crippen molar-refractivity contribution < 1.29 is 19.0 Å². The molecule has 0 radical (unpaired) electrons. The number of nitrogens with zero attached hydrogens (tertiary/aromatic N) is 3. The lowest BCUT2D eigenvalue weighted by molar-refractivity contribution is -0.146. The highest BCUT2D eigenvalue weighted by molar-refractivity contribution is 5.84. The Kier molecular flexibility index (Phi) is 6.40. The quantitative estimate of drug-likeness (QED) is 0.669. The minimum Gasteiger partial charge on any atom is -0.373 e. The maximum absolute atomic E-state index is 13.1. The molecule has 0 saturated carbocycles. The molecule has 0 bridgehead atoms. The van der Waals surface area contributed by atoms with Gasteiger partial charge in [-0.3, -0.25) is 14.7 Å². The number of rotatable bonds is 6. The first-order valence-electron chi connectivity index (χ1n) is 12.2. The van der Waals surface area contributed by atoms with Crippen molar-refractivity contribution in [2.45, 2.75) is 70.7 Å². The van der Waals surface area contributed by atoms with Gasteiger partial charge >= 0.3 is 0 Å². The van der Waals surface area contributed by atoms with E-state index in [1.54, 1.807) is 0 Å². The van der Waals surface area contributed by atoms with Crippen molar-refractivity contribution in [3.8, 4) is 0 Å². The van der Waals surface area contributed by atoms with Crippen LogP contribution in [-0.2, 0) is 25.6 Å². The fourth-order valence-corrected chi connectivity index (χ4v) is 5.42. The Morgan fingerprint density at radius 1 is 1.15 bits per heavy atom. The average molecular weight is 454 g/mol. The number of ether oxygens (including phenoxy) is 3. The van der Waals surface area contributed by atoms with Crippen LogP contribution in [0, 0.1) is 6.92 Å². The molecule has 3 saturated heterocycles. The molecule has 2 unspecified atom stereocenters. The van der Waals surface area contributed by atoms with Crippen molar-refractivity contribution in [1.82, 2.24) is 14.8 Å². The molecule has 0 spiro atoms. The highest BCUT2D eigenvalue weighted by Gasteiger charge is 2.40. The molecule has 3 fully saturated rings. The topological polar surface area (TPSA) is 64.1 Å². The maximum Gasteiger partial charge on any atom is 0.240 e. The molecule has 3 aliphatic rings. The Morgan fingerprint density at radius 2 is 1.94 bits per heavy atom. The first kappa shape index (κ1) is 22.7. The van der Waals surface area contributed by atoms with Crippen LogP contribution >= 0.6 is 0 Å². The number of likely N-dealkylation sites (tertiary alicyclic amines) is 2. The van der Waals surface area contributed by atoms with Crippen LogP contribution in [0.1, 0.15) is 44.4 Å². The van der Waals surface area contributed by atoms with Crippen molar-refractivity contribution in [1.29, 1.82) is 0 Å². The van der Waals surface area contributed by atoms with E-state index in [9.17, 15) is 4.79 Å². The Labute approximate surface area is 196 Å². The highest BCUT2D eigenvalue weighted by atomic mass is 16.7. The predicted molar refractivity (Wildman–Crippen MR) is 126 cm³/mol. The third-order valence-corrected chi connectivity index (χ3v) is 7.08. The van der Waals surface area contributed by atoms with Crippen LogP contribution in [0.3, 0.4) is 0 Å². The van der Waals surface area contributed by atoms with Gasteiger partial charge < -0.3 is 19.1 Å². The largest absolute Gasteiger partial charge is 0.373 e. The van der Waals surface area contributed by atoms with Gasteiger partial charge in [-0.15, -0.1) is 0 Å². The maximum atomic E-state index is 13.1. The molecule has 2 aromatic rings. The summed E-state index contributed by atoms with van der Waals surface area (Å²) in [7, 11) is 0. The first-order chi connectivity index (χ1) is 15.9. The van der Waals surface area contributed by atoms with E-state index in [4.69, 9.17) is 14.2 Å². The standard InChI is InChI=1S/C26H35N3O4/c1-18-14-19(22-6-4-5-7-23(22)27-18)16-31-20-8-11-28(12-9-20)24-10-13-29(25(24)30)15-21-17-32-26(2,3)33-21/h4-7,14,20-21,24H,8-13,15-17H2,1-3H3. The van der Waals surface area contributed by atoms with Crippen LogP contribution in [0.5, 0.6) is 0 Å². The minimum absolute atomic E-state index is 0.00641. The normalized spacial score (nSPS) is 26.5. The van der Waals surface area contributed by atoms with Gasteiger partial charge in [-0.1, -0.05) is 18.2 Å². The zero-order valence-corrected chi connectivity index (χ0v) is 20.0. The number of pyridine rings is 1. The summed E-state index contributed by atoms with van der Waals surface area (Å²) in [6, 6.07) is 10.4. The molecule has 3 aliphatic heterocycles. The lowest BCUT2D eigenvalue weighted by atomic mass is 10.0. The fraction of sp³-hybridized carbons (Fsp3) is 0.615. The summed E-state index contributed by atoms with van der Waals surface area (Å²) < 4.78 is 17.9. The van der Waals surface area contributed by atoms with Gasteiger partial charge in [0.1, 0.15) is 6.10 Å². The summed E-state index contributed by atoms with van der Waals surface area (Å²) in [5.41, 5.74) is 3.24. The van der Waals surface area contributed by atoms with Crippen molar-refractivity contribution in [3.05, 3.63) is 41.6 Å². The predicted octanol–water partition coefficient (Wildman–Crippen LogP) is 3.28. The molecule has 4 heterocycles. The number of aryl methyl sites for hydroxylation is 1. The van der Waals surface area contributed by atoms with E-state index in [-0.39, 0.29) is 24.2 Å². The van der Waals surface area contributed by atoms with Gasteiger partial charge in [-0.25, -0.2) is 0 Å². The Balaban J connectivity index is 1.11. The lowest BCUT2D eigenvalue weighted by Crippen LogP contribution is -2.48. The third kappa shape index (κ3) is 5.06. The van der Waals surface area contributed by atoms with Crippen LogP contribution in [0.25, 0.3) is 10.9 Å². The number of fused-ring (bicyclic) bond motifs is 1. The summed E-state index contributed by atoms with van der Waals surface area (Å²) in [4.78, 5) is 22.0. The van der Waals surface area contributed by atoms with E-state index < -0.39 is 5.79 Å². The number of hydrogen-bond acceptors (Lipinski definition) is 6. The van der Waals surface area contributed by atoms with E-state index in [1.807, 2.05) is 31.7 Å². The zero-order valence-electron chi connectivity index (χ0n) is 20.0. The molecule has 1 aromatic heterocycles. The van der Waals surface area contributed by atoms with Crippen molar-refractivity contribution in [3.63, 3.8) is 0 Å². The van der Waals surface area contributed by atoms with E-state index in [0.717, 1.165) is 55.5 Å². The molecule has 33 heavy (non-hydrogen) atoms. The van der Waals surface area contributed by atoms with Crippen molar-refractivity contribution in [2.24, 2.45) is 0 Å². The van der Waals surface area contributed by atoms with Gasteiger partial charge in [0.2, 0.25) is 5.91 Å². The molecule has 178 valence electrons. The molecule has 0 aliphatic carbocycles. The summed E-state index contributed by atoms with van der Waals surface area (Å²) in [6.07, 6.45) is 3.00. The Bertz CT molecular complexity index is 1000. The zero-order chi connectivity index (χ0) is 23.0. The number of para-hydroxylation sites is 1. The van der Waals surface area contributed by atoms with Crippen LogP contribution in [0.2, 0.25) is 0 Å². The van der Waals surface area contributed by atoms with Crippen LogP contribution in [-0.4, -0.2) is 77.5 Å². The Hall–Kier alpha value is -2.06. The first-order valence-corrected chi connectivity index (χ1v) is 12.2. The average Bonchev–Trinajstić information content (AvgIpc) is 3.33. The van der Waals surface area contributed by atoms with Gasteiger partial charge in [-0.2, -0.15) is 0 Å². The fourth-order valence-electron chi connectivity index (χ4n) is 5.42. The molecule has 0 N–H and O–H groups in total. The molecule has 2 atom stereocenters. The van der Waals surface area contributed by atoms with Gasteiger partial charge in [-0.05, 0) is 57.7 Å².